The number of nitrogens with zero attached hydrogens (tertiary/aromatic N) is 1. The van der Waals surface area contributed by atoms with Crippen LogP contribution in [-0.4, -0.2) is 48.7 Å². The maximum absolute atomic E-state index is 12.3. The third-order valence-electron chi connectivity index (χ3n) is 4.74. The first-order valence-corrected chi connectivity index (χ1v) is 8.55. The Hall–Kier alpha value is -2.08. The molecule has 0 aromatic heterocycles. The second-order valence-corrected chi connectivity index (χ2v) is 6.35. The molecular formula is C18H24N2O4. The monoisotopic (exact) mass is 332 g/mol. The van der Waals surface area contributed by atoms with Crippen molar-refractivity contribution in [2.75, 3.05) is 19.7 Å². The van der Waals surface area contributed by atoms with Crippen molar-refractivity contribution in [1.82, 2.24) is 10.2 Å². The molecule has 6 heteroatoms. The molecule has 1 aromatic carbocycles. The number of benzene rings is 1. The SMILES string of the molecule is CCOC(=O)[C@@H]1C[C@@H]2CCN(C(=O)OCc3ccccc3)C[C@@H]2N1. The molecule has 2 aliphatic heterocycles. The minimum Gasteiger partial charge on any atom is -0.465 e. The molecule has 1 N–H and O–H groups in total. The average molecular weight is 332 g/mol. The number of fused-ring (bicyclic) bond motifs is 1. The molecule has 24 heavy (non-hydrogen) atoms. The number of carbonyl (C=O) groups is 2. The first-order valence-electron chi connectivity index (χ1n) is 8.55. The smallest absolute Gasteiger partial charge is 0.410 e. The Morgan fingerprint density at radius 1 is 1.25 bits per heavy atom. The molecule has 3 atom stereocenters. The maximum Gasteiger partial charge on any atom is 0.410 e. The molecule has 0 saturated carbocycles. The summed E-state index contributed by atoms with van der Waals surface area (Å²) in [6, 6.07) is 9.53. The van der Waals surface area contributed by atoms with E-state index in [9.17, 15) is 9.59 Å². The lowest BCUT2D eigenvalue weighted by Gasteiger charge is -2.34. The van der Waals surface area contributed by atoms with Crippen LogP contribution >= 0.6 is 0 Å². The second-order valence-electron chi connectivity index (χ2n) is 6.35. The van der Waals surface area contributed by atoms with Crippen LogP contribution in [0.15, 0.2) is 30.3 Å². The number of rotatable bonds is 4. The fourth-order valence-corrected chi connectivity index (χ4v) is 3.48. The third kappa shape index (κ3) is 3.87. The lowest BCUT2D eigenvalue weighted by Crippen LogP contribution is -2.50. The number of ether oxygens (including phenoxy) is 2. The van der Waals surface area contributed by atoms with E-state index in [1.54, 1.807) is 4.90 Å². The summed E-state index contributed by atoms with van der Waals surface area (Å²) >= 11 is 0. The molecule has 130 valence electrons. The summed E-state index contributed by atoms with van der Waals surface area (Å²) in [6.45, 7) is 3.73. The molecule has 2 aliphatic rings. The summed E-state index contributed by atoms with van der Waals surface area (Å²) in [5.41, 5.74) is 0.974. The number of hydrogen-bond donors (Lipinski definition) is 1. The maximum atomic E-state index is 12.3. The van der Waals surface area contributed by atoms with Crippen LogP contribution in [0, 0.1) is 5.92 Å². The number of amides is 1. The van der Waals surface area contributed by atoms with Gasteiger partial charge in [-0.3, -0.25) is 10.1 Å². The number of carbonyl (C=O) groups excluding carboxylic acids is 2. The van der Waals surface area contributed by atoms with Crippen LogP contribution in [-0.2, 0) is 20.9 Å². The number of nitrogens with one attached hydrogen (secondary N) is 1. The van der Waals surface area contributed by atoms with E-state index < -0.39 is 0 Å². The molecule has 3 rings (SSSR count). The van der Waals surface area contributed by atoms with Crippen molar-refractivity contribution in [3.63, 3.8) is 0 Å². The van der Waals surface area contributed by atoms with Gasteiger partial charge in [0.2, 0.25) is 0 Å². The molecule has 2 heterocycles. The summed E-state index contributed by atoms with van der Waals surface area (Å²) in [7, 11) is 0. The van der Waals surface area contributed by atoms with Gasteiger partial charge in [0.05, 0.1) is 6.61 Å². The Bertz CT molecular complexity index is 578. The van der Waals surface area contributed by atoms with Crippen LogP contribution in [0.1, 0.15) is 25.3 Å². The summed E-state index contributed by atoms with van der Waals surface area (Å²) in [5, 5.41) is 3.31. The summed E-state index contributed by atoms with van der Waals surface area (Å²) in [5.74, 6) is 0.225. The fraction of sp³-hybridized carbons (Fsp3) is 0.556. The predicted molar refractivity (Wildman–Crippen MR) is 88.3 cm³/mol. The zero-order valence-corrected chi connectivity index (χ0v) is 13.9. The Balaban J connectivity index is 1.49. The van der Waals surface area contributed by atoms with E-state index in [2.05, 4.69) is 5.32 Å². The zero-order chi connectivity index (χ0) is 16.9. The molecule has 0 spiro atoms. The quantitative estimate of drug-likeness (QED) is 0.854. The van der Waals surface area contributed by atoms with E-state index in [1.807, 2.05) is 37.3 Å². The van der Waals surface area contributed by atoms with Crippen molar-refractivity contribution in [1.29, 1.82) is 0 Å². The van der Waals surface area contributed by atoms with Gasteiger partial charge in [0, 0.05) is 19.1 Å². The van der Waals surface area contributed by atoms with E-state index in [1.165, 1.54) is 0 Å². The van der Waals surface area contributed by atoms with Gasteiger partial charge in [-0.25, -0.2) is 4.79 Å². The Labute approximate surface area is 142 Å². The molecule has 2 saturated heterocycles. The van der Waals surface area contributed by atoms with Gasteiger partial charge in [-0.05, 0) is 31.2 Å². The first-order chi connectivity index (χ1) is 11.7. The molecule has 0 unspecified atom stereocenters. The molecule has 1 amide bonds. The number of piperidine rings is 1. The highest BCUT2D eigenvalue weighted by Gasteiger charge is 2.42. The number of hydrogen-bond acceptors (Lipinski definition) is 5. The predicted octanol–water partition coefficient (Wildman–Crippen LogP) is 1.94. The van der Waals surface area contributed by atoms with E-state index in [0.29, 0.717) is 25.6 Å². The fourth-order valence-electron chi connectivity index (χ4n) is 3.48. The van der Waals surface area contributed by atoms with Crippen molar-refractivity contribution in [2.24, 2.45) is 5.92 Å². The lowest BCUT2D eigenvalue weighted by molar-refractivity contribution is -0.145. The van der Waals surface area contributed by atoms with Crippen LogP contribution in [0.25, 0.3) is 0 Å². The van der Waals surface area contributed by atoms with Gasteiger partial charge >= 0.3 is 12.1 Å². The number of esters is 1. The van der Waals surface area contributed by atoms with Crippen LogP contribution in [0.3, 0.4) is 0 Å². The van der Waals surface area contributed by atoms with Crippen molar-refractivity contribution in [3.05, 3.63) is 35.9 Å². The van der Waals surface area contributed by atoms with Crippen molar-refractivity contribution in [3.8, 4) is 0 Å². The van der Waals surface area contributed by atoms with Gasteiger partial charge < -0.3 is 14.4 Å². The van der Waals surface area contributed by atoms with Gasteiger partial charge in [-0.15, -0.1) is 0 Å². The average Bonchev–Trinajstić information content (AvgIpc) is 3.04. The number of likely N-dealkylation sites (tertiary alicyclic amines) is 1. The highest BCUT2D eigenvalue weighted by atomic mass is 16.6. The zero-order valence-electron chi connectivity index (χ0n) is 13.9. The topological polar surface area (TPSA) is 67.9 Å². The second kappa shape index (κ2) is 7.66. The minimum absolute atomic E-state index is 0.137. The van der Waals surface area contributed by atoms with Gasteiger partial charge in [-0.1, -0.05) is 30.3 Å². The molecule has 2 fully saturated rings. The molecule has 6 nitrogen and oxygen atoms in total. The molecular weight excluding hydrogens is 308 g/mol. The summed E-state index contributed by atoms with van der Waals surface area (Å²) < 4.78 is 10.5. The van der Waals surface area contributed by atoms with Crippen LogP contribution in [0.5, 0.6) is 0 Å². The Morgan fingerprint density at radius 3 is 2.79 bits per heavy atom. The first kappa shape index (κ1) is 16.8. The van der Waals surface area contributed by atoms with E-state index in [0.717, 1.165) is 18.4 Å². The van der Waals surface area contributed by atoms with Crippen molar-refractivity contribution < 1.29 is 19.1 Å². The molecule has 0 bridgehead atoms. The highest BCUT2D eigenvalue weighted by Crippen LogP contribution is 2.29. The van der Waals surface area contributed by atoms with E-state index >= 15 is 0 Å². The van der Waals surface area contributed by atoms with Crippen molar-refractivity contribution >= 4 is 12.1 Å². The van der Waals surface area contributed by atoms with Crippen molar-refractivity contribution in [2.45, 2.75) is 38.5 Å². The van der Waals surface area contributed by atoms with Crippen LogP contribution in [0.2, 0.25) is 0 Å². The Morgan fingerprint density at radius 2 is 2.04 bits per heavy atom. The largest absolute Gasteiger partial charge is 0.465 e. The van der Waals surface area contributed by atoms with Gasteiger partial charge in [-0.2, -0.15) is 0 Å². The van der Waals surface area contributed by atoms with Gasteiger partial charge in [0.1, 0.15) is 12.6 Å². The Kier molecular flexibility index (Phi) is 5.35. The van der Waals surface area contributed by atoms with E-state index in [4.69, 9.17) is 9.47 Å². The molecule has 0 aliphatic carbocycles. The minimum atomic E-state index is -0.293. The lowest BCUT2D eigenvalue weighted by atomic mass is 9.91. The summed E-state index contributed by atoms with van der Waals surface area (Å²) in [6.07, 6.45) is 1.38. The van der Waals surface area contributed by atoms with Crippen LogP contribution < -0.4 is 5.32 Å². The molecule has 1 aromatic rings. The van der Waals surface area contributed by atoms with Crippen LogP contribution in [0.4, 0.5) is 4.79 Å². The summed E-state index contributed by atoms with van der Waals surface area (Å²) in [4.78, 5) is 25.9. The molecule has 0 radical (unpaired) electrons. The third-order valence-corrected chi connectivity index (χ3v) is 4.74. The van der Waals surface area contributed by atoms with Gasteiger partial charge in [0.15, 0.2) is 0 Å². The highest BCUT2D eigenvalue weighted by molar-refractivity contribution is 5.76. The standard InChI is InChI=1S/C18H24N2O4/c1-2-23-17(21)15-10-14-8-9-20(11-16(14)19-15)18(22)24-12-13-6-4-3-5-7-13/h3-7,14-16,19H,2,8-12H2,1H3/t14-,15-,16-/m0/s1. The normalized spacial score (nSPS) is 25.9. The van der Waals surface area contributed by atoms with Gasteiger partial charge in [0.25, 0.3) is 0 Å². The van der Waals surface area contributed by atoms with E-state index in [-0.39, 0.29) is 30.8 Å².